The number of rotatable bonds is 9. The van der Waals surface area contributed by atoms with Gasteiger partial charge in [-0.1, -0.05) is 13.8 Å². The third kappa shape index (κ3) is 6.10. The van der Waals surface area contributed by atoms with E-state index in [1.54, 1.807) is 25.2 Å². The predicted octanol–water partition coefficient (Wildman–Crippen LogP) is 1.59. The van der Waals surface area contributed by atoms with Crippen LogP contribution in [0.5, 0.6) is 11.5 Å². The lowest BCUT2D eigenvalue weighted by Gasteiger charge is -2.23. The number of likely N-dealkylation sites (N-methyl/N-ethyl adjacent to an activating group) is 1. The van der Waals surface area contributed by atoms with Gasteiger partial charge < -0.3 is 25.0 Å². The highest BCUT2D eigenvalue weighted by Gasteiger charge is 2.33. The van der Waals surface area contributed by atoms with Gasteiger partial charge in [0.15, 0.2) is 11.5 Å². The molecule has 1 aromatic carbocycles. The predicted molar refractivity (Wildman–Crippen MR) is 109 cm³/mol. The van der Waals surface area contributed by atoms with E-state index in [-0.39, 0.29) is 24.3 Å². The van der Waals surface area contributed by atoms with Crippen molar-refractivity contribution in [2.45, 2.75) is 39.2 Å². The van der Waals surface area contributed by atoms with Crippen molar-refractivity contribution in [3.05, 3.63) is 23.8 Å². The number of benzene rings is 1. The van der Waals surface area contributed by atoms with Gasteiger partial charge in [0, 0.05) is 19.2 Å². The minimum Gasteiger partial charge on any atom is -0.493 e. The zero-order chi connectivity index (χ0) is 21.4. The Labute approximate surface area is 171 Å². The fourth-order valence-electron chi connectivity index (χ4n) is 3.20. The molecule has 0 aliphatic carbocycles. The van der Waals surface area contributed by atoms with Gasteiger partial charge in [0.25, 0.3) is 5.91 Å². The van der Waals surface area contributed by atoms with Crippen LogP contribution in [0.3, 0.4) is 0 Å². The second kappa shape index (κ2) is 10.7. The van der Waals surface area contributed by atoms with Crippen molar-refractivity contribution in [1.29, 1.82) is 0 Å². The Kier molecular flexibility index (Phi) is 8.30. The molecule has 1 saturated heterocycles. The van der Waals surface area contributed by atoms with E-state index in [9.17, 15) is 14.4 Å². The number of methoxy groups -OCH3 is 1. The molecule has 1 unspecified atom stereocenters. The Morgan fingerprint density at radius 2 is 2.00 bits per heavy atom. The van der Waals surface area contributed by atoms with Crippen LogP contribution in [-0.2, 0) is 9.59 Å². The van der Waals surface area contributed by atoms with E-state index in [0.717, 1.165) is 12.8 Å². The molecule has 1 fully saturated rings. The number of hydrogen-bond acceptors (Lipinski definition) is 5. The molecule has 1 aliphatic heterocycles. The number of nitrogens with zero attached hydrogens (tertiary/aromatic N) is 1. The fraction of sp³-hybridized carbons (Fsp3) is 0.571. The lowest BCUT2D eigenvalue weighted by Crippen LogP contribution is -2.48. The van der Waals surface area contributed by atoms with E-state index in [2.05, 4.69) is 24.5 Å². The van der Waals surface area contributed by atoms with Crippen molar-refractivity contribution in [2.24, 2.45) is 5.92 Å². The van der Waals surface area contributed by atoms with Crippen LogP contribution >= 0.6 is 0 Å². The van der Waals surface area contributed by atoms with Crippen molar-refractivity contribution < 1.29 is 23.9 Å². The van der Waals surface area contributed by atoms with Gasteiger partial charge >= 0.3 is 0 Å². The fourth-order valence-corrected chi connectivity index (χ4v) is 3.20. The molecule has 0 spiro atoms. The third-order valence-corrected chi connectivity index (χ3v) is 4.90. The lowest BCUT2D eigenvalue weighted by molar-refractivity contribution is -0.137. The molecule has 0 bridgehead atoms. The molecule has 3 amide bonds. The van der Waals surface area contributed by atoms with E-state index in [4.69, 9.17) is 9.47 Å². The van der Waals surface area contributed by atoms with Gasteiger partial charge in [-0.25, -0.2) is 0 Å². The number of likely N-dealkylation sites (tertiary alicyclic amines) is 1. The molecule has 0 saturated carbocycles. The van der Waals surface area contributed by atoms with Crippen LogP contribution in [0.4, 0.5) is 0 Å². The van der Waals surface area contributed by atoms with Gasteiger partial charge in [0.2, 0.25) is 11.8 Å². The molecule has 0 aromatic heterocycles. The van der Waals surface area contributed by atoms with Crippen LogP contribution in [0.25, 0.3) is 0 Å². The summed E-state index contributed by atoms with van der Waals surface area (Å²) in [5.41, 5.74) is 0.370. The van der Waals surface area contributed by atoms with E-state index in [1.165, 1.54) is 12.0 Å². The molecule has 8 heteroatoms. The SMILES string of the molecule is CNC(=O)C1CCCN1C(=O)CNC(=O)c1ccc(OCCC(C)C)c(OC)c1. The molecule has 1 heterocycles. The summed E-state index contributed by atoms with van der Waals surface area (Å²) in [7, 11) is 3.07. The number of ether oxygens (including phenoxy) is 2. The number of hydrogen-bond donors (Lipinski definition) is 2. The van der Waals surface area contributed by atoms with Crippen molar-refractivity contribution in [1.82, 2.24) is 15.5 Å². The molecule has 160 valence electrons. The van der Waals surface area contributed by atoms with Gasteiger partial charge in [-0.2, -0.15) is 0 Å². The third-order valence-electron chi connectivity index (χ3n) is 4.90. The summed E-state index contributed by atoms with van der Waals surface area (Å²) in [6, 6.07) is 4.45. The largest absolute Gasteiger partial charge is 0.493 e. The van der Waals surface area contributed by atoms with Crippen LogP contribution in [0.1, 0.15) is 43.5 Å². The van der Waals surface area contributed by atoms with Crippen LogP contribution < -0.4 is 20.1 Å². The number of nitrogens with one attached hydrogen (secondary N) is 2. The van der Waals surface area contributed by atoms with Crippen LogP contribution in [0.15, 0.2) is 18.2 Å². The molecule has 8 nitrogen and oxygen atoms in total. The summed E-state index contributed by atoms with van der Waals surface area (Å²) in [6.45, 7) is 5.16. The van der Waals surface area contributed by atoms with Crippen molar-refractivity contribution in [2.75, 3.05) is 33.9 Å². The first-order chi connectivity index (χ1) is 13.9. The summed E-state index contributed by atoms with van der Waals surface area (Å²) in [5.74, 6) is 0.728. The van der Waals surface area contributed by atoms with E-state index in [0.29, 0.717) is 42.6 Å². The van der Waals surface area contributed by atoms with Crippen molar-refractivity contribution in [3.8, 4) is 11.5 Å². The lowest BCUT2D eigenvalue weighted by atomic mass is 10.1. The van der Waals surface area contributed by atoms with Gasteiger partial charge in [0.1, 0.15) is 6.04 Å². The summed E-state index contributed by atoms with van der Waals surface area (Å²) < 4.78 is 11.1. The highest BCUT2D eigenvalue weighted by molar-refractivity contribution is 5.97. The van der Waals surface area contributed by atoms with Crippen LogP contribution in [0, 0.1) is 5.92 Å². The standard InChI is InChI=1S/C21H31N3O5/c1-14(2)9-11-29-17-8-7-15(12-18(17)28-4)20(26)23-13-19(25)24-10-5-6-16(24)21(27)22-3/h7-8,12,14,16H,5-6,9-11,13H2,1-4H3,(H,22,27)(H,23,26). The molecule has 1 aliphatic rings. The second-order valence-electron chi connectivity index (χ2n) is 7.44. The Morgan fingerprint density at radius 3 is 2.66 bits per heavy atom. The highest BCUT2D eigenvalue weighted by atomic mass is 16.5. The van der Waals surface area contributed by atoms with Gasteiger partial charge in [-0.05, 0) is 43.4 Å². The maximum Gasteiger partial charge on any atom is 0.251 e. The smallest absolute Gasteiger partial charge is 0.251 e. The molecule has 1 aromatic rings. The highest BCUT2D eigenvalue weighted by Crippen LogP contribution is 2.28. The number of carbonyl (C=O) groups excluding carboxylic acids is 3. The topological polar surface area (TPSA) is 97.0 Å². The molecule has 2 N–H and O–H groups in total. The quantitative estimate of drug-likeness (QED) is 0.650. The molecule has 29 heavy (non-hydrogen) atoms. The average Bonchev–Trinajstić information content (AvgIpc) is 3.21. The van der Waals surface area contributed by atoms with Gasteiger partial charge in [-0.15, -0.1) is 0 Å². The molecular weight excluding hydrogens is 374 g/mol. The van der Waals surface area contributed by atoms with E-state index in [1.807, 2.05) is 0 Å². The summed E-state index contributed by atoms with van der Waals surface area (Å²) in [4.78, 5) is 38.3. The van der Waals surface area contributed by atoms with Crippen molar-refractivity contribution >= 4 is 17.7 Å². The minimum absolute atomic E-state index is 0.165. The van der Waals surface area contributed by atoms with Gasteiger partial charge in [-0.3, -0.25) is 14.4 Å². The average molecular weight is 405 g/mol. The number of carbonyl (C=O) groups is 3. The first-order valence-electron chi connectivity index (χ1n) is 9.97. The molecular formula is C21H31N3O5. The maximum atomic E-state index is 12.5. The normalized spacial score (nSPS) is 15.9. The second-order valence-corrected chi connectivity index (χ2v) is 7.44. The Bertz CT molecular complexity index is 735. The molecule has 1 atom stereocenters. The van der Waals surface area contributed by atoms with E-state index < -0.39 is 6.04 Å². The molecule has 2 rings (SSSR count). The first-order valence-corrected chi connectivity index (χ1v) is 9.97. The summed E-state index contributed by atoms with van der Waals surface area (Å²) in [5, 5.41) is 5.20. The zero-order valence-corrected chi connectivity index (χ0v) is 17.6. The Balaban J connectivity index is 1.94. The summed E-state index contributed by atoms with van der Waals surface area (Å²) in [6.07, 6.45) is 2.32. The van der Waals surface area contributed by atoms with Crippen LogP contribution in [0.2, 0.25) is 0 Å². The molecule has 0 radical (unpaired) electrons. The Hall–Kier alpha value is -2.77. The minimum atomic E-state index is -0.466. The first kappa shape index (κ1) is 22.5. The van der Waals surface area contributed by atoms with E-state index >= 15 is 0 Å². The monoisotopic (exact) mass is 405 g/mol. The zero-order valence-electron chi connectivity index (χ0n) is 17.6. The van der Waals surface area contributed by atoms with Crippen molar-refractivity contribution in [3.63, 3.8) is 0 Å². The van der Waals surface area contributed by atoms with Crippen LogP contribution in [-0.4, -0.2) is 62.5 Å². The van der Waals surface area contributed by atoms with Gasteiger partial charge in [0.05, 0.1) is 20.3 Å². The Morgan fingerprint density at radius 1 is 1.24 bits per heavy atom. The summed E-state index contributed by atoms with van der Waals surface area (Å²) >= 11 is 0. The maximum absolute atomic E-state index is 12.5. The number of amides is 3.